The van der Waals surface area contributed by atoms with Crippen LogP contribution in [0.3, 0.4) is 0 Å². The largest absolute Gasteiger partial charge is 0.465 e. The van der Waals surface area contributed by atoms with E-state index in [4.69, 9.17) is 4.74 Å². The second kappa shape index (κ2) is 4.20. The number of nitrogens with one attached hydrogen (secondary N) is 2. The minimum absolute atomic E-state index is 0.00139. The van der Waals surface area contributed by atoms with E-state index in [0.717, 1.165) is 16.8 Å². The minimum atomic E-state index is -0.415. The van der Waals surface area contributed by atoms with Gasteiger partial charge in [-0.2, -0.15) is 0 Å². The van der Waals surface area contributed by atoms with E-state index in [2.05, 4.69) is 10.3 Å². The number of hydrogen-bond donors (Lipinski definition) is 2. The number of fused-ring (bicyclic) bond motifs is 3. The standard InChI is InChI=1S/C14H14N2O3/c1-7-3-8(14(18)19-2)12-9(4-7)16-10-5-15-6-11(17)13(10)12/h3-4,15-16H,5-6H2,1-2H3. The van der Waals surface area contributed by atoms with Gasteiger partial charge in [0.05, 0.1) is 19.2 Å². The van der Waals surface area contributed by atoms with Crippen LogP contribution in [0.5, 0.6) is 0 Å². The van der Waals surface area contributed by atoms with Crippen molar-refractivity contribution in [3.05, 3.63) is 34.5 Å². The van der Waals surface area contributed by atoms with Gasteiger partial charge in [0.15, 0.2) is 5.78 Å². The van der Waals surface area contributed by atoms with Gasteiger partial charge in [0.1, 0.15) is 0 Å². The third kappa shape index (κ3) is 1.74. The summed E-state index contributed by atoms with van der Waals surface area (Å²) < 4.78 is 4.82. The Kier molecular flexibility index (Phi) is 2.64. The minimum Gasteiger partial charge on any atom is -0.465 e. The number of hydrogen-bond acceptors (Lipinski definition) is 4. The molecule has 0 saturated heterocycles. The van der Waals surface area contributed by atoms with Crippen molar-refractivity contribution in [2.75, 3.05) is 13.7 Å². The second-order valence-corrected chi connectivity index (χ2v) is 4.73. The van der Waals surface area contributed by atoms with Crippen LogP contribution in [-0.4, -0.2) is 30.4 Å². The average molecular weight is 258 g/mol. The molecule has 5 heteroatoms. The van der Waals surface area contributed by atoms with Crippen molar-refractivity contribution in [1.29, 1.82) is 0 Å². The molecule has 0 radical (unpaired) electrons. The van der Waals surface area contributed by atoms with Gasteiger partial charge in [-0.1, -0.05) is 0 Å². The van der Waals surface area contributed by atoms with Crippen molar-refractivity contribution in [2.45, 2.75) is 13.5 Å². The maximum absolute atomic E-state index is 12.1. The van der Waals surface area contributed by atoms with E-state index in [-0.39, 0.29) is 5.78 Å². The second-order valence-electron chi connectivity index (χ2n) is 4.73. The summed E-state index contributed by atoms with van der Waals surface area (Å²) in [5.41, 5.74) is 3.66. The summed E-state index contributed by atoms with van der Waals surface area (Å²) >= 11 is 0. The smallest absolute Gasteiger partial charge is 0.338 e. The zero-order valence-corrected chi connectivity index (χ0v) is 10.8. The van der Waals surface area contributed by atoms with Crippen LogP contribution in [0.15, 0.2) is 12.1 Å². The number of H-pyrrole nitrogens is 1. The van der Waals surface area contributed by atoms with Crippen LogP contribution in [0, 0.1) is 6.92 Å². The number of Topliss-reactive ketones (excluding diaryl/α,β-unsaturated/α-hetero) is 1. The lowest BCUT2D eigenvalue weighted by atomic mass is 9.98. The van der Waals surface area contributed by atoms with Crippen LogP contribution in [0.1, 0.15) is 32.0 Å². The number of methoxy groups -OCH3 is 1. The summed E-state index contributed by atoms with van der Waals surface area (Å²) in [4.78, 5) is 27.2. The Morgan fingerprint density at radius 1 is 1.32 bits per heavy atom. The van der Waals surface area contributed by atoms with E-state index >= 15 is 0 Å². The topological polar surface area (TPSA) is 71.2 Å². The third-order valence-electron chi connectivity index (χ3n) is 3.39. The van der Waals surface area contributed by atoms with E-state index in [1.54, 1.807) is 6.07 Å². The highest BCUT2D eigenvalue weighted by Crippen LogP contribution is 2.29. The molecular weight excluding hydrogens is 244 g/mol. The van der Waals surface area contributed by atoms with E-state index < -0.39 is 5.97 Å². The van der Waals surface area contributed by atoms with Gasteiger partial charge < -0.3 is 15.0 Å². The molecule has 5 nitrogen and oxygen atoms in total. The summed E-state index contributed by atoms with van der Waals surface area (Å²) in [6.07, 6.45) is 0. The van der Waals surface area contributed by atoms with Crippen molar-refractivity contribution in [2.24, 2.45) is 0 Å². The maximum Gasteiger partial charge on any atom is 0.338 e. The van der Waals surface area contributed by atoms with E-state index in [1.165, 1.54) is 7.11 Å². The molecule has 1 aliphatic heterocycles. The van der Waals surface area contributed by atoms with E-state index in [0.29, 0.717) is 29.6 Å². The number of ketones is 1. The van der Waals surface area contributed by atoms with Gasteiger partial charge in [-0.25, -0.2) is 4.79 Å². The molecule has 0 aliphatic carbocycles. The average Bonchev–Trinajstić information content (AvgIpc) is 2.76. The first-order valence-electron chi connectivity index (χ1n) is 6.09. The van der Waals surface area contributed by atoms with Crippen LogP contribution in [0.2, 0.25) is 0 Å². The molecule has 0 unspecified atom stereocenters. The van der Waals surface area contributed by atoms with Crippen LogP contribution < -0.4 is 5.32 Å². The number of aryl methyl sites for hydroxylation is 1. The van der Waals surface area contributed by atoms with Gasteiger partial charge in [0.2, 0.25) is 0 Å². The van der Waals surface area contributed by atoms with Gasteiger partial charge >= 0.3 is 5.97 Å². The molecule has 0 atom stereocenters. The van der Waals surface area contributed by atoms with Crippen molar-refractivity contribution < 1.29 is 14.3 Å². The number of ether oxygens (including phenoxy) is 1. The van der Waals surface area contributed by atoms with Gasteiger partial charge in [-0.3, -0.25) is 4.79 Å². The van der Waals surface area contributed by atoms with Crippen LogP contribution in [0.4, 0.5) is 0 Å². The predicted molar refractivity (Wildman–Crippen MR) is 70.4 cm³/mol. The van der Waals surface area contributed by atoms with Crippen molar-refractivity contribution in [3.63, 3.8) is 0 Å². The number of carbonyl (C=O) groups excluding carboxylic acids is 2. The molecule has 98 valence electrons. The number of benzene rings is 1. The Labute approximate surface area is 109 Å². The molecule has 1 aromatic heterocycles. The molecule has 1 aromatic carbocycles. The number of rotatable bonds is 1. The first-order chi connectivity index (χ1) is 9.11. The molecule has 0 amide bonds. The van der Waals surface area contributed by atoms with Crippen LogP contribution in [0.25, 0.3) is 10.9 Å². The van der Waals surface area contributed by atoms with Crippen LogP contribution in [-0.2, 0) is 11.3 Å². The normalized spacial score (nSPS) is 14.5. The highest BCUT2D eigenvalue weighted by Gasteiger charge is 2.26. The van der Waals surface area contributed by atoms with Crippen molar-refractivity contribution in [3.8, 4) is 0 Å². The van der Waals surface area contributed by atoms with Gasteiger partial charge in [-0.15, -0.1) is 0 Å². The summed E-state index contributed by atoms with van der Waals surface area (Å²) in [7, 11) is 1.35. The molecule has 0 spiro atoms. The lowest BCUT2D eigenvalue weighted by Crippen LogP contribution is -2.29. The summed E-state index contributed by atoms with van der Waals surface area (Å²) in [5, 5.41) is 3.71. The lowest BCUT2D eigenvalue weighted by Gasteiger charge is -2.12. The molecule has 1 aliphatic rings. The zero-order valence-electron chi connectivity index (χ0n) is 10.8. The number of esters is 1. The third-order valence-corrected chi connectivity index (χ3v) is 3.39. The highest BCUT2D eigenvalue weighted by molar-refractivity contribution is 6.17. The monoisotopic (exact) mass is 258 g/mol. The molecule has 2 N–H and O–H groups in total. The van der Waals surface area contributed by atoms with Crippen LogP contribution >= 0.6 is 0 Å². The fourth-order valence-corrected chi connectivity index (χ4v) is 2.63. The molecular formula is C14H14N2O3. The van der Waals surface area contributed by atoms with Crippen molar-refractivity contribution in [1.82, 2.24) is 10.3 Å². The SMILES string of the molecule is COC(=O)c1cc(C)cc2[nH]c3c(c12)C(=O)CNC3. The van der Waals surface area contributed by atoms with E-state index in [9.17, 15) is 9.59 Å². The van der Waals surface area contributed by atoms with E-state index in [1.807, 2.05) is 13.0 Å². The maximum atomic E-state index is 12.1. The fraction of sp³-hybridized carbons (Fsp3) is 0.286. The number of aromatic amines is 1. The zero-order chi connectivity index (χ0) is 13.6. The molecule has 0 saturated carbocycles. The summed E-state index contributed by atoms with van der Waals surface area (Å²) in [6, 6.07) is 3.70. The molecule has 2 heterocycles. The van der Waals surface area contributed by atoms with Crippen molar-refractivity contribution >= 4 is 22.7 Å². The van der Waals surface area contributed by atoms with Gasteiger partial charge in [-0.05, 0) is 24.6 Å². The molecule has 0 fully saturated rings. The molecule has 2 aromatic rings. The molecule has 19 heavy (non-hydrogen) atoms. The van der Waals surface area contributed by atoms with Gasteiger partial charge in [0, 0.05) is 28.7 Å². The molecule has 3 rings (SSSR count). The summed E-state index contributed by atoms with van der Waals surface area (Å²) in [6.45, 7) is 2.82. The lowest BCUT2D eigenvalue weighted by molar-refractivity contribution is 0.0603. The molecule has 0 bridgehead atoms. The first-order valence-corrected chi connectivity index (χ1v) is 6.09. The Morgan fingerprint density at radius 3 is 2.84 bits per heavy atom. The predicted octanol–water partition coefficient (Wildman–Crippen LogP) is 1.55. The number of aromatic nitrogens is 1. The summed E-state index contributed by atoms with van der Waals surface area (Å²) in [5.74, 6) is -0.414. The highest BCUT2D eigenvalue weighted by atomic mass is 16.5. The Hall–Kier alpha value is -2.14. The fourth-order valence-electron chi connectivity index (χ4n) is 2.63. The Bertz CT molecular complexity index is 700. The van der Waals surface area contributed by atoms with Gasteiger partial charge in [0.25, 0.3) is 0 Å². The quantitative estimate of drug-likeness (QED) is 0.761. The Morgan fingerprint density at radius 2 is 2.11 bits per heavy atom. The first kappa shape index (κ1) is 11.9. The number of carbonyl (C=O) groups is 2. The Balaban J connectivity index is 2.39.